The van der Waals surface area contributed by atoms with Gasteiger partial charge in [0.05, 0.1) is 12.0 Å². The number of hydrogen-bond donors (Lipinski definition) is 1. The van der Waals surface area contributed by atoms with E-state index in [0.717, 1.165) is 12.0 Å². The summed E-state index contributed by atoms with van der Waals surface area (Å²) in [5, 5.41) is 14.7. The van der Waals surface area contributed by atoms with Crippen molar-refractivity contribution in [3.05, 3.63) is 76.9 Å². The van der Waals surface area contributed by atoms with Crippen LogP contribution in [0.2, 0.25) is 0 Å². The van der Waals surface area contributed by atoms with Gasteiger partial charge in [0.15, 0.2) is 0 Å². The molecule has 0 saturated carbocycles. The summed E-state index contributed by atoms with van der Waals surface area (Å²) in [4.78, 5) is 11.0. The number of allylic oxidation sites excluding steroid dienone is 2. The molecular formula is C22H22NO2-. The monoisotopic (exact) mass is 332 g/mol. The first kappa shape index (κ1) is 15.9. The Bertz CT molecular complexity index is 836. The van der Waals surface area contributed by atoms with Gasteiger partial charge in [-0.05, 0) is 46.6 Å². The molecule has 1 aliphatic carbocycles. The van der Waals surface area contributed by atoms with E-state index in [4.69, 9.17) is 0 Å². The van der Waals surface area contributed by atoms with Gasteiger partial charge in [-0.3, -0.25) is 0 Å². The maximum atomic E-state index is 11.0. The number of anilines is 1. The number of rotatable bonds is 3. The topological polar surface area (TPSA) is 52.2 Å². The molecule has 0 fully saturated rings. The van der Waals surface area contributed by atoms with Crippen LogP contribution in [0.3, 0.4) is 0 Å². The summed E-state index contributed by atoms with van der Waals surface area (Å²) in [6, 6.07) is 14.0. The van der Waals surface area contributed by atoms with Crippen molar-refractivity contribution >= 4 is 11.7 Å². The number of hydrogen-bond acceptors (Lipinski definition) is 3. The molecule has 3 nitrogen and oxygen atoms in total. The van der Waals surface area contributed by atoms with Crippen LogP contribution in [0.15, 0.2) is 54.6 Å². The van der Waals surface area contributed by atoms with Crippen LogP contribution in [-0.2, 0) is 0 Å². The maximum Gasteiger partial charge on any atom is 0.0715 e. The molecular weight excluding hydrogens is 310 g/mol. The van der Waals surface area contributed by atoms with E-state index in [1.54, 1.807) is 12.1 Å². The Hall–Kier alpha value is -2.55. The van der Waals surface area contributed by atoms with Gasteiger partial charge in [0.25, 0.3) is 0 Å². The summed E-state index contributed by atoms with van der Waals surface area (Å²) in [7, 11) is 0. The fraction of sp³-hybridized carbons (Fsp3) is 0.318. The van der Waals surface area contributed by atoms with Crippen molar-refractivity contribution in [1.29, 1.82) is 0 Å². The summed E-state index contributed by atoms with van der Waals surface area (Å²) in [5.41, 5.74) is 5.29. The van der Waals surface area contributed by atoms with Gasteiger partial charge in [-0.25, -0.2) is 0 Å². The van der Waals surface area contributed by atoms with Crippen LogP contribution >= 0.6 is 0 Å². The van der Waals surface area contributed by atoms with E-state index in [1.165, 1.54) is 16.8 Å². The lowest BCUT2D eigenvalue weighted by atomic mass is 9.76. The lowest BCUT2D eigenvalue weighted by molar-refractivity contribution is -0.255. The fourth-order valence-electron chi connectivity index (χ4n) is 4.13. The van der Waals surface area contributed by atoms with E-state index in [2.05, 4.69) is 49.5 Å². The highest BCUT2D eigenvalue weighted by atomic mass is 16.4. The van der Waals surface area contributed by atoms with Crippen LogP contribution in [0.4, 0.5) is 5.69 Å². The molecule has 2 aromatic rings. The summed E-state index contributed by atoms with van der Waals surface area (Å²) in [6.45, 7) is 4.45. The Labute approximate surface area is 148 Å². The normalized spacial score (nSPS) is 23.9. The highest BCUT2D eigenvalue weighted by Crippen LogP contribution is 2.50. The Morgan fingerprint density at radius 3 is 2.60 bits per heavy atom. The number of aromatic carboxylic acids is 1. The number of carbonyl (C=O) groups excluding carboxylic acids is 1. The first-order valence-electron chi connectivity index (χ1n) is 8.93. The molecule has 25 heavy (non-hydrogen) atoms. The average Bonchev–Trinajstić information content (AvgIpc) is 3.10. The molecule has 1 N–H and O–H groups in total. The molecule has 1 heterocycles. The van der Waals surface area contributed by atoms with Crippen LogP contribution in [0.5, 0.6) is 0 Å². The van der Waals surface area contributed by atoms with Crippen molar-refractivity contribution in [3.63, 3.8) is 0 Å². The van der Waals surface area contributed by atoms with Gasteiger partial charge >= 0.3 is 0 Å². The van der Waals surface area contributed by atoms with E-state index >= 15 is 0 Å². The predicted molar refractivity (Wildman–Crippen MR) is 97.7 cm³/mol. The molecule has 2 aromatic carbocycles. The number of carbonyl (C=O) groups is 1. The molecule has 1 aliphatic heterocycles. The van der Waals surface area contributed by atoms with Gasteiger partial charge in [0.1, 0.15) is 0 Å². The number of benzene rings is 2. The standard InChI is InChI=1S/C22H23NO2/c1-13(2)16-10-11-20-19(12-16)17-4-3-5-18(17)21(23-20)14-6-8-15(9-7-14)22(24)25/h3-4,6-13,17-18,21,23H,5H2,1-2H3,(H,24,25)/p-1/t17-,18-,21+/m0/s1. The Morgan fingerprint density at radius 1 is 1.16 bits per heavy atom. The quantitative estimate of drug-likeness (QED) is 0.864. The molecule has 0 unspecified atom stereocenters. The third-order valence-electron chi connectivity index (χ3n) is 5.56. The van der Waals surface area contributed by atoms with Crippen molar-refractivity contribution in [1.82, 2.24) is 0 Å². The fourth-order valence-corrected chi connectivity index (χ4v) is 4.13. The highest BCUT2D eigenvalue weighted by molar-refractivity contribution is 5.85. The second kappa shape index (κ2) is 6.07. The first-order chi connectivity index (χ1) is 12.0. The number of carboxylic acid groups (broad SMARTS) is 1. The first-order valence-corrected chi connectivity index (χ1v) is 8.93. The van der Waals surface area contributed by atoms with Gasteiger partial charge in [-0.15, -0.1) is 0 Å². The summed E-state index contributed by atoms with van der Waals surface area (Å²) >= 11 is 0. The summed E-state index contributed by atoms with van der Waals surface area (Å²) in [5.74, 6) is 0.267. The van der Waals surface area contributed by atoms with E-state index < -0.39 is 5.97 Å². The zero-order valence-corrected chi connectivity index (χ0v) is 14.5. The van der Waals surface area contributed by atoms with Crippen LogP contribution in [-0.4, -0.2) is 5.97 Å². The lowest BCUT2D eigenvalue weighted by Crippen LogP contribution is -2.29. The third-order valence-corrected chi connectivity index (χ3v) is 5.56. The molecule has 0 radical (unpaired) electrons. The van der Waals surface area contributed by atoms with Gasteiger partial charge in [0, 0.05) is 11.6 Å². The number of fused-ring (bicyclic) bond motifs is 3. The summed E-state index contributed by atoms with van der Waals surface area (Å²) in [6.07, 6.45) is 5.64. The van der Waals surface area contributed by atoms with Crippen molar-refractivity contribution in [2.75, 3.05) is 5.32 Å². The summed E-state index contributed by atoms with van der Waals surface area (Å²) < 4.78 is 0. The Morgan fingerprint density at radius 2 is 1.92 bits per heavy atom. The zero-order chi connectivity index (χ0) is 17.6. The van der Waals surface area contributed by atoms with Crippen molar-refractivity contribution in [2.24, 2.45) is 5.92 Å². The van der Waals surface area contributed by atoms with Crippen LogP contribution in [0, 0.1) is 5.92 Å². The number of carboxylic acids is 1. The van der Waals surface area contributed by atoms with E-state index in [1.807, 2.05) is 12.1 Å². The minimum atomic E-state index is -1.13. The third kappa shape index (κ3) is 2.74. The molecule has 0 saturated heterocycles. The molecule has 3 heteroatoms. The molecule has 128 valence electrons. The molecule has 0 bridgehead atoms. The Balaban J connectivity index is 1.71. The second-order valence-corrected chi connectivity index (χ2v) is 7.39. The van der Waals surface area contributed by atoms with Gasteiger partial charge in [0.2, 0.25) is 0 Å². The molecule has 3 atom stereocenters. The van der Waals surface area contributed by atoms with E-state index in [0.29, 0.717) is 17.8 Å². The largest absolute Gasteiger partial charge is 0.545 e. The van der Waals surface area contributed by atoms with E-state index in [9.17, 15) is 9.90 Å². The zero-order valence-electron chi connectivity index (χ0n) is 14.5. The number of nitrogens with one attached hydrogen (secondary N) is 1. The smallest absolute Gasteiger partial charge is 0.0715 e. The molecule has 2 aliphatic rings. The van der Waals surface area contributed by atoms with Crippen molar-refractivity contribution in [2.45, 2.75) is 38.1 Å². The van der Waals surface area contributed by atoms with Crippen LogP contribution in [0.25, 0.3) is 0 Å². The van der Waals surface area contributed by atoms with Crippen molar-refractivity contribution in [3.8, 4) is 0 Å². The molecule has 0 spiro atoms. The maximum absolute atomic E-state index is 11.0. The minimum absolute atomic E-state index is 0.188. The van der Waals surface area contributed by atoms with Crippen LogP contribution < -0.4 is 10.4 Å². The predicted octanol–water partition coefficient (Wildman–Crippen LogP) is 4.00. The average molecular weight is 332 g/mol. The second-order valence-electron chi connectivity index (χ2n) is 7.39. The van der Waals surface area contributed by atoms with Crippen molar-refractivity contribution < 1.29 is 9.90 Å². The SMILES string of the molecule is CC(C)c1ccc2c(c1)[C@H]1C=CC[C@@H]1[C@@H](c1ccc(C(=O)[O-])cc1)N2. The molecule has 4 rings (SSSR count). The minimum Gasteiger partial charge on any atom is -0.545 e. The lowest BCUT2D eigenvalue weighted by Gasteiger charge is -2.38. The van der Waals surface area contributed by atoms with Gasteiger partial charge < -0.3 is 15.2 Å². The van der Waals surface area contributed by atoms with E-state index in [-0.39, 0.29) is 11.6 Å². The highest BCUT2D eigenvalue weighted by Gasteiger charge is 2.37. The molecule has 0 aromatic heterocycles. The van der Waals surface area contributed by atoms with Gasteiger partial charge in [-0.2, -0.15) is 0 Å². The Kier molecular flexibility index (Phi) is 3.87. The molecule has 0 amide bonds. The van der Waals surface area contributed by atoms with Crippen LogP contribution in [0.1, 0.15) is 65.2 Å². The van der Waals surface area contributed by atoms with Gasteiger partial charge in [-0.1, -0.05) is 62.4 Å².